The summed E-state index contributed by atoms with van der Waals surface area (Å²) in [6.07, 6.45) is 3.16. The third kappa shape index (κ3) is 7.39. The topological polar surface area (TPSA) is 108 Å². The highest BCUT2D eigenvalue weighted by Crippen LogP contribution is 2.36. The summed E-state index contributed by atoms with van der Waals surface area (Å²) in [4.78, 5) is 16.7. The molecule has 1 aliphatic heterocycles. The molecule has 1 aliphatic rings. The molecule has 1 saturated heterocycles. The highest BCUT2D eigenvalue weighted by molar-refractivity contribution is 7.89. The van der Waals surface area contributed by atoms with E-state index in [1.807, 2.05) is 0 Å². The first-order chi connectivity index (χ1) is 22.1. The van der Waals surface area contributed by atoms with Crippen LogP contribution in [0.4, 0.5) is 10.1 Å². The van der Waals surface area contributed by atoms with Gasteiger partial charge in [0.15, 0.2) is 23.9 Å². The van der Waals surface area contributed by atoms with E-state index in [2.05, 4.69) is 10.3 Å². The maximum absolute atomic E-state index is 14.0. The van der Waals surface area contributed by atoms with Crippen molar-refractivity contribution in [2.24, 2.45) is 0 Å². The number of para-hydroxylation sites is 1. The highest BCUT2D eigenvalue weighted by atomic mass is 35.5. The summed E-state index contributed by atoms with van der Waals surface area (Å²) in [5.74, 6) is -0.155. The molecule has 3 aromatic carbocycles. The summed E-state index contributed by atoms with van der Waals surface area (Å²) in [7, 11) is -1.04. The zero-order valence-corrected chi connectivity index (χ0v) is 27.5. The molecule has 46 heavy (non-hydrogen) atoms. The second kappa shape index (κ2) is 14.7. The number of pyridine rings is 1. The van der Waals surface area contributed by atoms with Crippen LogP contribution < -0.4 is 19.8 Å². The smallest absolute Gasteiger partial charge is 0.325 e. The number of anilines is 1. The van der Waals surface area contributed by atoms with Gasteiger partial charge in [-0.1, -0.05) is 53.5 Å². The molecule has 0 amide bonds. The summed E-state index contributed by atoms with van der Waals surface area (Å²) in [5.41, 5.74) is 2.24. The van der Waals surface area contributed by atoms with E-state index in [1.54, 1.807) is 60.9 Å². The number of nitrogens with one attached hydrogen (secondary N) is 2. The van der Waals surface area contributed by atoms with Gasteiger partial charge in [0, 0.05) is 25.1 Å². The van der Waals surface area contributed by atoms with Crippen molar-refractivity contribution in [2.45, 2.75) is 42.8 Å². The van der Waals surface area contributed by atoms with Gasteiger partial charge in [-0.2, -0.15) is 4.31 Å². The summed E-state index contributed by atoms with van der Waals surface area (Å²) >= 11 is 12.9. The van der Waals surface area contributed by atoms with Crippen molar-refractivity contribution in [3.8, 4) is 11.5 Å². The molecule has 0 saturated carbocycles. The van der Waals surface area contributed by atoms with E-state index in [0.29, 0.717) is 57.7 Å². The average molecular weight is 690 g/mol. The molecule has 0 aliphatic carbocycles. The van der Waals surface area contributed by atoms with Gasteiger partial charge in [0.2, 0.25) is 10.0 Å². The number of sulfonamides is 1. The van der Waals surface area contributed by atoms with Crippen LogP contribution in [0.2, 0.25) is 10.0 Å². The summed E-state index contributed by atoms with van der Waals surface area (Å²) < 4.78 is 59.5. The lowest BCUT2D eigenvalue weighted by Gasteiger charge is -2.26. The molecule has 0 radical (unpaired) electrons. The molecule has 1 fully saturated rings. The Morgan fingerprint density at radius 1 is 1.02 bits per heavy atom. The number of aromatic nitrogens is 1. The largest absolute Gasteiger partial charge is 0.493 e. The predicted molar refractivity (Wildman–Crippen MR) is 172 cm³/mol. The molecule has 2 atom stereocenters. The monoisotopic (exact) mass is 688 g/mol. The third-order valence-electron chi connectivity index (χ3n) is 7.79. The lowest BCUT2D eigenvalue weighted by molar-refractivity contribution is -0.377. The fraction of sp³-hybridized carbons (Fsp3) is 0.273. The Balaban J connectivity index is 1.36. The zero-order valence-electron chi connectivity index (χ0n) is 25.1. The third-order valence-corrected chi connectivity index (χ3v) is 10.4. The summed E-state index contributed by atoms with van der Waals surface area (Å²) in [6.45, 7) is 0.455. The van der Waals surface area contributed by atoms with Gasteiger partial charge < -0.3 is 19.5 Å². The van der Waals surface area contributed by atoms with Crippen LogP contribution >= 0.6 is 23.2 Å². The van der Waals surface area contributed by atoms with Crippen LogP contribution in [0, 0.1) is 5.82 Å². The number of hydrogen-bond donors (Lipinski definition) is 1. The van der Waals surface area contributed by atoms with Gasteiger partial charge in [0.25, 0.3) is 0 Å². The number of carbonyl (C=O) groups is 1. The lowest BCUT2D eigenvalue weighted by atomic mass is 10.0. The molecule has 242 valence electrons. The number of nitrogens with zero attached hydrogens (tertiary/aromatic N) is 1. The Morgan fingerprint density at radius 2 is 1.72 bits per heavy atom. The number of esters is 1. The van der Waals surface area contributed by atoms with Crippen LogP contribution in [-0.4, -0.2) is 45.5 Å². The Kier molecular flexibility index (Phi) is 10.7. The van der Waals surface area contributed by atoms with Crippen molar-refractivity contribution < 1.29 is 36.8 Å². The molecule has 0 spiro atoms. The molecule has 2 heterocycles. The Labute approximate surface area is 277 Å². The van der Waals surface area contributed by atoms with Crippen LogP contribution in [0.15, 0.2) is 84.0 Å². The molecule has 0 unspecified atom stereocenters. The first kappa shape index (κ1) is 33.5. The molecule has 4 aromatic rings. The van der Waals surface area contributed by atoms with E-state index in [4.69, 9.17) is 37.4 Å². The predicted octanol–water partition coefficient (Wildman–Crippen LogP) is 6.26. The fourth-order valence-corrected chi connectivity index (χ4v) is 7.52. The van der Waals surface area contributed by atoms with E-state index in [0.717, 1.165) is 5.56 Å². The van der Waals surface area contributed by atoms with E-state index in [-0.39, 0.29) is 23.7 Å². The number of benzene rings is 3. The SMILES string of the molecule is COc1ccc([C@H](Cc2c(Cl)c[nH+]cc2Cl)OC(=O)[C@@H]2CCCN2S(=O)(=O)c2ccc(CNc3ccccc3F)cc2)cc1OC. The maximum atomic E-state index is 14.0. The van der Waals surface area contributed by atoms with Crippen LogP contribution in [0.3, 0.4) is 0 Å². The number of ether oxygens (including phenoxy) is 3. The number of hydrogen-bond acceptors (Lipinski definition) is 7. The van der Waals surface area contributed by atoms with Crippen molar-refractivity contribution in [2.75, 3.05) is 26.1 Å². The van der Waals surface area contributed by atoms with Gasteiger partial charge in [-0.05, 0) is 60.4 Å². The Bertz CT molecular complexity index is 1790. The van der Waals surface area contributed by atoms with Gasteiger partial charge in [-0.15, -0.1) is 0 Å². The Morgan fingerprint density at radius 3 is 2.39 bits per heavy atom. The molecule has 5 rings (SSSR count). The summed E-state index contributed by atoms with van der Waals surface area (Å²) in [6, 6.07) is 16.7. The van der Waals surface area contributed by atoms with Crippen molar-refractivity contribution >= 4 is 44.9 Å². The van der Waals surface area contributed by atoms with Crippen LogP contribution in [0.25, 0.3) is 0 Å². The number of methoxy groups -OCH3 is 2. The fourth-order valence-electron chi connectivity index (χ4n) is 5.34. The number of rotatable bonds is 12. The van der Waals surface area contributed by atoms with E-state index < -0.39 is 28.1 Å². The zero-order chi connectivity index (χ0) is 32.8. The lowest BCUT2D eigenvalue weighted by Crippen LogP contribution is -2.41. The van der Waals surface area contributed by atoms with Gasteiger partial charge in [0.05, 0.1) is 24.8 Å². The van der Waals surface area contributed by atoms with Gasteiger partial charge in [-0.3, -0.25) is 4.79 Å². The van der Waals surface area contributed by atoms with Gasteiger partial charge in [0.1, 0.15) is 28.0 Å². The second-order valence-electron chi connectivity index (χ2n) is 10.6. The number of aromatic amines is 1. The van der Waals surface area contributed by atoms with Crippen LogP contribution in [-0.2, 0) is 32.5 Å². The van der Waals surface area contributed by atoms with E-state index >= 15 is 0 Å². The average Bonchev–Trinajstić information content (AvgIpc) is 3.57. The van der Waals surface area contributed by atoms with Crippen LogP contribution in [0.5, 0.6) is 11.5 Å². The Hall–Kier alpha value is -3.90. The quantitative estimate of drug-likeness (QED) is 0.175. The van der Waals surface area contributed by atoms with Gasteiger partial charge in [-0.25, -0.2) is 17.8 Å². The maximum Gasteiger partial charge on any atom is 0.325 e. The number of H-pyrrole nitrogens is 1. The first-order valence-corrected chi connectivity index (χ1v) is 16.7. The number of halogens is 3. The molecule has 1 aromatic heterocycles. The van der Waals surface area contributed by atoms with Crippen LogP contribution in [0.1, 0.15) is 35.6 Å². The number of carbonyl (C=O) groups excluding carboxylic acids is 1. The van der Waals surface area contributed by atoms with Gasteiger partial charge >= 0.3 is 5.97 Å². The minimum atomic E-state index is -4.05. The molecule has 13 heteroatoms. The van der Waals surface area contributed by atoms with E-state index in [9.17, 15) is 17.6 Å². The normalized spacial score (nSPS) is 15.7. The molecular formula is C33H33Cl2FN3O6S+. The highest BCUT2D eigenvalue weighted by Gasteiger charge is 2.41. The first-order valence-electron chi connectivity index (χ1n) is 14.5. The second-order valence-corrected chi connectivity index (χ2v) is 13.3. The van der Waals surface area contributed by atoms with Crippen molar-refractivity contribution in [1.82, 2.24) is 4.31 Å². The minimum absolute atomic E-state index is 0.0392. The molecular weight excluding hydrogens is 656 g/mol. The van der Waals surface area contributed by atoms with E-state index in [1.165, 1.54) is 36.7 Å². The van der Waals surface area contributed by atoms with Crippen molar-refractivity contribution in [3.63, 3.8) is 0 Å². The van der Waals surface area contributed by atoms with Crippen molar-refractivity contribution in [1.29, 1.82) is 0 Å². The van der Waals surface area contributed by atoms with Crippen molar-refractivity contribution in [3.05, 3.63) is 112 Å². The molecule has 2 N–H and O–H groups in total. The minimum Gasteiger partial charge on any atom is -0.493 e. The standard InChI is InChI=1S/C33H32Cl2FN3O6S/c1-43-30-14-11-22(16-32(30)44-2)31(17-24-25(34)19-37-20-26(24)35)45-33(40)29-8-5-15-39(29)46(41,42)23-12-9-21(10-13-23)18-38-28-7-4-3-6-27(28)36/h3-4,6-7,9-14,16,19-20,29,31,38H,5,8,15,17-18H2,1-2H3/p+1/t29-,31-/m0/s1. The molecule has 9 nitrogen and oxygen atoms in total. The summed E-state index contributed by atoms with van der Waals surface area (Å²) in [5, 5.41) is 3.71. The molecule has 0 bridgehead atoms.